The first-order valence-corrected chi connectivity index (χ1v) is 7.68. The molecule has 4 nitrogen and oxygen atoms in total. The second kappa shape index (κ2) is 6.14. The smallest absolute Gasteiger partial charge is 0.158 e. The summed E-state index contributed by atoms with van der Waals surface area (Å²) in [5, 5.41) is 0. The van der Waals surface area contributed by atoms with E-state index in [0.717, 1.165) is 41.8 Å². The molecule has 2 atom stereocenters. The molecule has 1 fully saturated rings. The SMILES string of the molecule is COc1c(C)cnc(CC(=O)C2(N)CCCC(C)C2)c1C. The first-order chi connectivity index (χ1) is 9.87. The van der Waals surface area contributed by atoms with Gasteiger partial charge in [0.05, 0.1) is 24.8 Å². The summed E-state index contributed by atoms with van der Waals surface area (Å²) >= 11 is 0. The number of methoxy groups -OCH3 is 1. The third-order valence-electron chi connectivity index (χ3n) is 4.67. The molecule has 0 amide bonds. The van der Waals surface area contributed by atoms with E-state index in [-0.39, 0.29) is 5.78 Å². The van der Waals surface area contributed by atoms with E-state index in [4.69, 9.17) is 10.5 Å². The number of rotatable bonds is 4. The van der Waals surface area contributed by atoms with Gasteiger partial charge in [0.2, 0.25) is 0 Å². The fourth-order valence-corrected chi connectivity index (χ4v) is 3.42. The molecule has 1 saturated carbocycles. The molecule has 1 heterocycles. The molecule has 1 aromatic rings. The lowest BCUT2D eigenvalue weighted by molar-refractivity contribution is -0.125. The number of aromatic nitrogens is 1. The van der Waals surface area contributed by atoms with E-state index < -0.39 is 5.54 Å². The standard InChI is InChI=1S/C17H26N2O2/c1-11-6-5-7-17(18,9-11)15(20)8-14-13(3)16(21-4)12(2)10-19-14/h10-11H,5-9,18H2,1-4H3. The Morgan fingerprint density at radius 1 is 1.52 bits per heavy atom. The van der Waals surface area contributed by atoms with Crippen LogP contribution in [0, 0.1) is 19.8 Å². The van der Waals surface area contributed by atoms with Gasteiger partial charge in [-0.2, -0.15) is 0 Å². The molecule has 0 aliphatic heterocycles. The van der Waals surface area contributed by atoms with Crippen molar-refractivity contribution in [2.24, 2.45) is 11.7 Å². The number of Topliss-reactive ketones (excluding diaryl/α,β-unsaturated/α-hetero) is 1. The van der Waals surface area contributed by atoms with Crippen LogP contribution in [0.4, 0.5) is 0 Å². The highest BCUT2D eigenvalue weighted by Gasteiger charge is 2.37. The summed E-state index contributed by atoms with van der Waals surface area (Å²) in [6, 6.07) is 0. The zero-order valence-corrected chi connectivity index (χ0v) is 13.5. The zero-order valence-electron chi connectivity index (χ0n) is 13.5. The molecule has 21 heavy (non-hydrogen) atoms. The molecule has 2 rings (SSSR count). The Morgan fingerprint density at radius 3 is 2.86 bits per heavy atom. The van der Waals surface area contributed by atoms with Crippen LogP contribution < -0.4 is 10.5 Å². The van der Waals surface area contributed by atoms with E-state index in [1.165, 1.54) is 6.42 Å². The van der Waals surface area contributed by atoms with Gasteiger partial charge in [-0.3, -0.25) is 9.78 Å². The third-order valence-corrected chi connectivity index (χ3v) is 4.67. The molecule has 1 aromatic heterocycles. The Bertz CT molecular complexity index is 542. The number of nitrogens with zero attached hydrogens (tertiary/aromatic N) is 1. The number of ether oxygens (including phenoxy) is 1. The Balaban J connectivity index is 2.20. The quantitative estimate of drug-likeness (QED) is 0.926. The average Bonchev–Trinajstić information content (AvgIpc) is 2.42. The van der Waals surface area contributed by atoms with Crippen molar-refractivity contribution in [3.8, 4) is 5.75 Å². The fraction of sp³-hybridized carbons (Fsp3) is 0.647. The summed E-state index contributed by atoms with van der Waals surface area (Å²) in [7, 11) is 1.65. The zero-order chi connectivity index (χ0) is 15.6. The second-order valence-electron chi connectivity index (χ2n) is 6.50. The lowest BCUT2D eigenvalue weighted by Gasteiger charge is -2.35. The van der Waals surface area contributed by atoms with Crippen molar-refractivity contribution >= 4 is 5.78 Å². The fourth-order valence-electron chi connectivity index (χ4n) is 3.42. The van der Waals surface area contributed by atoms with E-state index >= 15 is 0 Å². The van der Waals surface area contributed by atoms with Crippen LogP contribution in [0.3, 0.4) is 0 Å². The van der Waals surface area contributed by atoms with Gasteiger partial charge in [-0.1, -0.05) is 19.8 Å². The van der Waals surface area contributed by atoms with Crippen LogP contribution in [0.1, 0.15) is 49.4 Å². The van der Waals surface area contributed by atoms with Crippen molar-refractivity contribution < 1.29 is 9.53 Å². The number of pyridine rings is 1. The minimum Gasteiger partial charge on any atom is -0.496 e. The maximum absolute atomic E-state index is 12.7. The van der Waals surface area contributed by atoms with Gasteiger partial charge < -0.3 is 10.5 Å². The average molecular weight is 290 g/mol. The molecule has 4 heteroatoms. The minimum absolute atomic E-state index is 0.107. The lowest BCUT2D eigenvalue weighted by atomic mass is 9.73. The summed E-state index contributed by atoms with van der Waals surface area (Å²) in [5.41, 5.74) is 8.42. The molecule has 116 valence electrons. The van der Waals surface area contributed by atoms with E-state index in [0.29, 0.717) is 12.3 Å². The molecule has 0 radical (unpaired) electrons. The molecule has 1 aliphatic rings. The minimum atomic E-state index is -0.677. The van der Waals surface area contributed by atoms with Crippen molar-refractivity contribution in [1.29, 1.82) is 0 Å². The second-order valence-corrected chi connectivity index (χ2v) is 6.50. The predicted molar refractivity (Wildman–Crippen MR) is 83.5 cm³/mol. The number of carbonyl (C=O) groups is 1. The molecule has 0 aromatic carbocycles. The summed E-state index contributed by atoms with van der Waals surface area (Å²) in [6.07, 6.45) is 5.84. The van der Waals surface area contributed by atoms with Crippen LogP contribution >= 0.6 is 0 Å². The van der Waals surface area contributed by atoms with Crippen molar-refractivity contribution in [3.05, 3.63) is 23.0 Å². The predicted octanol–water partition coefficient (Wildman–Crippen LogP) is 2.73. The highest BCUT2D eigenvalue weighted by atomic mass is 16.5. The maximum atomic E-state index is 12.7. The molecule has 0 saturated heterocycles. The third kappa shape index (κ3) is 3.26. The number of nitrogens with two attached hydrogens (primary N) is 1. The van der Waals surface area contributed by atoms with E-state index in [9.17, 15) is 4.79 Å². The number of ketones is 1. The summed E-state index contributed by atoms with van der Waals surface area (Å²) in [6.45, 7) is 6.08. The number of carbonyl (C=O) groups excluding carboxylic acids is 1. The largest absolute Gasteiger partial charge is 0.496 e. The molecule has 2 unspecified atom stereocenters. The van der Waals surface area contributed by atoms with Gasteiger partial charge in [0, 0.05) is 17.3 Å². The lowest BCUT2D eigenvalue weighted by Crippen LogP contribution is -2.51. The van der Waals surface area contributed by atoms with Crippen molar-refractivity contribution in [2.45, 2.75) is 58.4 Å². The van der Waals surface area contributed by atoms with E-state index in [1.807, 2.05) is 13.8 Å². The van der Waals surface area contributed by atoms with Gasteiger partial charge in [0.1, 0.15) is 5.75 Å². The van der Waals surface area contributed by atoms with Gasteiger partial charge in [-0.25, -0.2) is 0 Å². The summed E-state index contributed by atoms with van der Waals surface area (Å²) in [4.78, 5) is 17.1. The van der Waals surface area contributed by atoms with Crippen LogP contribution in [0.25, 0.3) is 0 Å². The van der Waals surface area contributed by atoms with Crippen LogP contribution in [0.2, 0.25) is 0 Å². The highest BCUT2D eigenvalue weighted by Crippen LogP contribution is 2.32. The Hall–Kier alpha value is -1.42. The topological polar surface area (TPSA) is 65.2 Å². The van der Waals surface area contributed by atoms with Gasteiger partial charge in [0.25, 0.3) is 0 Å². The van der Waals surface area contributed by atoms with Crippen LogP contribution in [0.15, 0.2) is 6.20 Å². The Morgan fingerprint density at radius 2 is 2.24 bits per heavy atom. The molecule has 0 spiro atoms. The Kier molecular flexibility index (Phi) is 4.67. The maximum Gasteiger partial charge on any atom is 0.158 e. The van der Waals surface area contributed by atoms with Gasteiger partial charge in [0.15, 0.2) is 5.78 Å². The molecule has 2 N–H and O–H groups in total. The first-order valence-electron chi connectivity index (χ1n) is 7.68. The van der Waals surface area contributed by atoms with Crippen LogP contribution in [0.5, 0.6) is 5.75 Å². The molecular formula is C17H26N2O2. The van der Waals surface area contributed by atoms with Gasteiger partial charge in [-0.15, -0.1) is 0 Å². The summed E-state index contributed by atoms with van der Waals surface area (Å²) < 4.78 is 5.40. The van der Waals surface area contributed by atoms with Crippen molar-refractivity contribution in [3.63, 3.8) is 0 Å². The Labute approximate surface area is 127 Å². The van der Waals surface area contributed by atoms with Gasteiger partial charge >= 0.3 is 0 Å². The monoisotopic (exact) mass is 290 g/mol. The molecule has 1 aliphatic carbocycles. The van der Waals surface area contributed by atoms with Gasteiger partial charge in [-0.05, 0) is 32.6 Å². The summed E-state index contributed by atoms with van der Waals surface area (Å²) in [5.74, 6) is 1.45. The van der Waals surface area contributed by atoms with E-state index in [2.05, 4.69) is 11.9 Å². The van der Waals surface area contributed by atoms with Crippen LogP contribution in [-0.2, 0) is 11.2 Å². The van der Waals surface area contributed by atoms with Crippen molar-refractivity contribution in [1.82, 2.24) is 4.98 Å². The number of hydrogen-bond donors (Lipinski definition) is 1. The number of aryl methyl sites for hydroxylation is 1. The molecule has 0 bridgehead atoms. The molecular weight excluding hydrogens is 264 g/mol. The first kappa shape index (κ1) is 16.0. The van der Waals surface area contributed by atoms with E-state index in [1.54, 1.807) is 13.3 Å². The van der Waals surface area contributed by atoms with Crippen LogP contribution in [-0.4, -0.2) is 23.4 Å². The highest BCUT2D eigenvalue weighted by molar-refractivity contribution is 5.90. The normalized spacial score (nSPS) is 25.7. The van der Waals surface area contributed by atoms with Crippen molar-refractivity contribution in [2.75, 3.05) is 7.11 Å². The number of hydrogen-bond acceptors (Lipinski definition) is 4.